The molecule has 5 nitrogen and oxygen atoms in total. The van der Waals surface area contributed by atoms with Crippen LogP contribution in [0.25, 0.3) is 10.9 Å². The highest BCUT2D eigenvalue weighted by atomic mass is 79.9. The Morgan fingerprint density at radius 2 is 1.89 bits per heavy atom. The lowest BCUT2D eigenvalue weighted by Crippen LogP contribution is -2.47. The number of methoxy groups -OCH3 is 1. The summed E-state index contributed by atoms with van der Waals surface area (Å²) in [6.07, 6.45) is 2.22. The molecule has 0 radical (unpaired) electrons. The number of H-pyrrole nitrogens is 1. The van der Waals surface area contributed by atoms with E-state index in [2.05, 4.69) is 20.9 Å². The number of alkyl halides is 1. The number of nitrogens with zero attached hydrogens (tertiary/aromatic N) is 1. The second-order valence-electron chi connectivity index (χ2n) is 6.38. The van der Waals surface area contributed by atoms with Crippen LogP contribution in [0.4, 0.5) is 0 Å². The number of rotatable bonds is 7. The third-order valence-electron chi connectivity index (χ3n) is 4.64. The van der Waals surface area contributed by atoms with Crippen molar-refractivity contribution in [2.24, 2.45) is 0 Å². The standard InChI is InChI=1S/C21H20BrClN2O3/c1-28-21(27)19(10-15-12-24-18-5-3-2-4-17(15)18)25(20(26)11-22)13-14-6-8-16(23)9-7-14/h2-9,12,19,24H,10-11,13H2,1H3/t19-/m0/s1. The van der Waals surface area contributed by atoms with Gasteiger partial charge in [0.05, 0.1) is 12.4 Å². The molecule has 1 aromatic heterocycles. The molecule has 0 unspecified atom stereocenters. The molecule has 3 rings (SSSR count). The second-order valence-corrected chi connectivity index (χ2v) is 7.38. The number of para-hydroxylation sites is 1. The molecule has 28 heavy (non-hydrogen) atoms. The van der Waals surface area contributed by atoms with Crippen LogP contribution in [-0.2, 0) is 27.3 Å². The first-order chi connectivity index (χ1) is 13.5. The van der Waals surface area contributed by atoms with E-state index >= 15 is 0 Å². The summed E-state index contributed by atoms with van der Waals surface area (Å²) in [7, 11) is 1.34. The number of aromatic nitrogens is 1. The number of carbonyl (C=O) groups excluding carboxylic acids is 2. The van der Waals surface area contributed by atoms with Crippen LogP contribution < -0.4 is 0 Å². The van der Waals surface area contributed by atoms with E-state index in [1.165, 1.54) is 7.11 Å². The van der Waals surface area contributed by atoms with Gasteiger partial charge in [-0.05, 0) is 29.3 Å². The summed E-state index contributed by atoms with van der Waals surface area (Å²) >= 11 is 9.19. The first-order valence-electron chi connectivity index (χ1n) is 8.76. The summed E-state index contributed by atoms with van der Waals surface area (Å²) in [5.74, 6) is -0.640. The zero-order valence-electron chi connectivity index (χ0n) is 15.3. The molecule has 0 fully saturated rings. The van der Waals surface area contributed by atoms with Crippen molar-refractivity contribution in [1.29, 1.82) is 0 Å². The zero-order chi connectivity index (χ0) is 20.1. The lowest BCUT2D eigenvalue weighted by molar-refractivity contribution is -0.152. The number of hydrogen-bond acceptors (Lipinski definition) is 3. The molecule has 2 aromatic carbocycles. The van der Waals surface area contributed by atoms with E-state index in [0.717, 1.165) is 22.0 Å². The Balaban J connectivity index is 1.94. The number of amides is 1. The highest BCUT2D eigenvalue weighted by Crippen LogP contribution is 2.23. The minimum atomic E-state index is -0.745. The van der Waals surface area contributed by atoms with Gasteiger partial charge in [-0.25, -0.2) is 4.79 Å². The van der Waals surface area contributed by atoms with Crippen molar-refractivity contribution in [3.63, 3.8) is 0 Å². The maximum atomic E-state index is 12.7. The molecule has 0 saturated heterocycles. The summed E-state index contributed by atoms with van der Waals surface area (Å²) in [6.45, 7) is 0.281. The molecule has 1 N–H and O–H groups in total. The van der Waals surface area contributed by atoms with Gasteiger partial charge in [0.2, 0.25) is 5.91 Å². The topological polar surface area (TPSA) is 62.4 Å². The largest absolute Gasteiger partial charge is 0.467 e. The average molecular weight is 464 g/mol. The van der Waals surface area contributed by atoms with Crippen molar-refractivity contribution in [2.75, 3.05) is 12.4 Å². The number of hydrogen-bond donors (Lipinski definition) is 1. The number of fused-ring (bicyclic) bond motifs is 1. The minimum Gasteiger partial charge on any atom is -0.467 e. The van der Waals surface area contributed by atoms with Crippen molar-refractivity contribution in [1.82, 2.24) is 9.88 Å². The third kappa shape index (κ3) is 4.56. The van der Waals surface area contributed by atoms with Crippen LogP contribution in [0.1, 0.15) is 11.1 Å². The van der Waals surface area contributed by atoms with Gasteiger partial charge in [-0.2, -0.15) is 0 Å². The van der Waals surface area contributed by atoms with E-state index in [1.54, 1.807) is 17.0 Å². The van der Waals surface area contributed by atoms with E-state index in [4.69, 9.17) is 16.3 Å². The minimum absolute atomic E-state index is 0.113. The Morgan fingerprint density at radius 3 is 2.57 bits per heavy atom. The number of benzene rings is 2. The number of aromatic amines is 1. The molecule has 1 heterocycles. The Kier molecular flexibility index (Phi) is 6.75. The smallest absolute Gasteiger partial charge is 0.328 e. The van der Waals surface area contributed by atoms with E-state index in [1.807, 2.05) is 42.6 Å². The summed E-state index contributed by atoms with van der Waals surface area (Å²) in [4.78, 5) is 30.0. The molecule has 0 saturated carbocycles. The van der Waals surface area contributed by atoms with E-state index < -0.39 is 12.0 Å². The predicted molar refractivity (Wildman–Crippen MR) is 114 cm³/mol. The molecule has 0 aliphatic heterocycles. The van der Waals surface area contributed by atoms with Gasteiger partial charge < -0.3 is 14.6 Å². The third-order valence-corrected chi connectivity index (χ3v) is 5.37. The Hall–Kier alpha value is -2.31. The second kappa shape index (κ2) is 9.26. The van der Waals surface area contributed by atoms with Gasteiger partial charge in [0.1, 0.15) is 6.04 Å². The fraction of sp³-hybridized carbons (Fsp3) is 0.238. The number of carbonyl (C=O) groups is 2. The zero-order valence-corrected chi connectivity index (χ0v) is 17.7. The highest BCUT2D eigenvalue weighted by molar-refractivity contribution is 9.09. The lowest BCUT2D eigenvalue weighted by Gasteiger charge is -2.29. The number of esters is 1. The monoisotopic (exact) mass is 462 g/mol. The normalized spacial score (nSPS) is 12.0. The molecule has 0 spiro atoms. The predicted octanol–water partition coefficient (Wildman–Crippen LogP) is 4.33. The van der Waals surface area contributed by atoms with Gasteiger partial charge in [-0.15, -0.1) is 0 Å². The lowest BCUT2D eigenvalue weighted by atomic mass is 10.0. The Bertz CT molecular complexity index is 971. The van der Waals surface area contributed by atoms with Crippen LogP contribution in [0.15, 0.2) is 54.7 Å². The van der Waals surface area contributed by atoms with Crippen molar-refractivity contribution >= 4 is 50.3 Å². The van der Waals surface area contributed by atoms with Gasteiger partial charge in [-0.1, -0.05) is 57.9 Å². The maximum Gasteiger partial charge on any atom is 0.328 e. The maximum absolute atomic E-state index is 12.7. The quantitative estimate of drug-likeness (QED) is 0.419. The fourth-order valence-corrected chi connectivity index (χ4v) is 3.65. The molecule has 0 bridgehead atoms. The summed E-state index contributed by atoms with van der Waals surface area (Å²) in [6, 6.07) is 14.3. The summed E-state index contributed by atoms with van der Waals surface area (Å²) < 4.78 is 5.03. The number of nitrogens with one attached hydrogen (secondary N) is 1. The molecule has 0 aliphatic carbocycles. The SMILES string of the molecule is COC(=O)[C@H](Cc1c[nH]c2ccccc12)N(Cc1ccc(Cl)cc1)C(=O)CBr. The first kappa shape index (κ1) is 20.4. The van der Waals surface area contributed by atoms with Crippen LogP contribution >= 0.6 is 27.5 Å². The van der Waals surface area contributed by atoms with Gasteiger partial charge in [-0.3, -0.25) is 4.79 Å². The Labute approximate surface area is 176 Å². The molecule has 0 aliphatic rings. The summed E-state index contributed by atoms with van der Waals surface area (Å²) in [5.41, 5.74) is 2.82. The highest BCUT2D eigenvalue weighted by Gasteiger charge is 2.31. The number of halogens is 2. The molecule has 146 valence electrons. The fourth-order valence-electron chi connectivity index (χ4n) is 3.20. The van der Waals surface area contributed by atoms with Crippen LogP contribution in [0.5, 0.6) is 0 Å². The number of ether oxygens (including phenoxy) is 1. The van der Waals surface area contributed by atoms with Crippen molar-refractivity contribution in [2.45, 2.75) is 19.0 Å². The van der Waals surface area contributed by atoms with E-state index in [-0.39, 0.29) is 17.8 Å². The first-order valence-corrected chi connectivity index (χ1v) is 10.3. The molecule has 1 atom stereocenters. The average Bonchev–Trinajstić information content (AvgIpc) is 3.13. The molecule has 1 amide bonds. The van der Waals surface area contributed by atoms with Crippen molar-refractivity contribution < 1.29 is 14.3 Å². The van der Waals surface area contributed by atoms with Crippen LogP contribution in [0.2, 0.25) is 5.02 Å². The molecule has 3 aromatic rings. The van der Waals surface area contributed by atoms with Crippen LogP contribution in [0.3, 0.4) is 0 Å². The van der Waals surface area contributed by atoms with E-state index in [0.29, 0.717) is 11.4 Å². The van der Waals surface area contributed by atoms with Gasteiger partial charge in [0, 0.05) is 35.1 Å². The van der Waals surface area contributed by atoms with Gasteiger partial charge in [0.25, 0.3) is 0 Å². The van der Waals surface area contributed by atoms with Gasteiger partial charge >= 0.3 is 5.97 Å². The molecular weight excluding hydrogens is 444 g/mol. The Morgan fingerprint density at radius 1 is 1.18 bits per heavy atom. The van der Waals surface area contributed by atoms with Crippen LogP contribution in [0, 0.1) is 0 Å². The van der Waals surface area contributed by atoms with Crippen molar-refractivity contribution in [3.8, 4) is 0 Å². The van der Waals surface area contributed by atoms with Gasteiger partial charge in [0.15, 0.2) is 0 Å². The summed E-state index contributed by atoms with van der Waals surface area (Å²) in [5, 5.41) is 1.75. The molecular formula is C21H20BrClN2O3. The van der Waals surface area contributed by atoms with Crippen LogP contribution in [-0.4, -0.2) is 40.2 Å². The van der Waals surface area contributed by atoms with Crippen molar-refractivity contribution in [3.05, 3.63) is 70.9 Å². The van der Waals surface area contributed by atoms with E-state index in [9.17, 15) is 9.59 Å². The molecule has 7 heteroatoms.